The Bertz CT molecular complexity index is 435. The standard InChI is InChI=1S/C10H20.C6H4N2O4/c1-2-3-4-7-10-8-5-6-9-10;9-6(10)4-1-2-5(7-3-4)8(11)12/h10H,2-9H2,1H3;1-3H,(H,9,10). The van der Waals surface area contributed by atoms with E-state index in [1.165, 1.54) is 51.4 Å². The molecule has 6 heteroatoms. The average Bonchev–Trinajstić information content (AvgIpc) is 3.01. The molecule has 6 nitrogen and oxygen atoms in total. The summed E-state index contributed by atoms with van der Waals surface area (Å²) in [4.78, 5) is 23.0. The summed E-state index contributed by atoms with van der Waals surface area (Å²) in [7, 11) is 0. The monoisotopic (exact) mass is 308 g/mol. The molecule has 2 rings (SSSR count). The Hall–Kier alpha value is -1.98. The van der Waals surface area contributed by atoms with Gasteiger partial charge in [-0.25, -0.2) is 4.79 Å². The van der Waals surface area contributed by atoms with Crippen LogP contribution >= 0.6 is 0 Å². The van der Waals surface area contributed by atoms with Gasteiger partial charge >= 0.3 is 11.8 Å². The van der Waals surface area contributed by atoms with E-state index >= 15 is 0 Å². The Labute approximate surface area is 130 Å². The lowest BCUT2D eigenvalue weighted by atomic mass is 10.0. The molecule has 1 fully saturated rings. The number of nitrogens with zero attached hydrogens (tertiary/aromatic N) is 2. The molecule has 122 valence electrons. The molecule has 0 unspecified atom stereocenters. The van der Waals surface area contributed by atoms with Crippen LogP contribution in [0.1, 0.15) is 68.6 Å². The third-order valence-electron chi connectivity index (χ3n) is 3.87. The summed E-state index contributed by atoms with van der Waals surface area (Å²) < 4.78 is 0. The predicted molar refractivity (Wildman–Crippen MR) is 84.0 cm³/mol. The third-order valence-corrected chi connectivity index (χ3v) is 3.87. The van der Waals surface area contributed by atoms with Gasteiger partial charge in [0.15, 0.2) is 6.20 Å². The molecule has 0 aliphatic heterocycles. The lowest BCUT2D eigenvalue weighted by molar-refractivity contribution is -0.389. The topological polar surface area (TPSA) is 93.3 Å². The highest BCUT2D eigenvalue weighted by Crippen LogP contribution is 2.28. The van der Waals surface area contributed by atoms with E-state index < -0.39 is 10.9 Å². The first-order valence-electron chi connectivity index (χ1n) is 7.88. The fourth-order valence-corrected chi connectivity index (χ4v) is 2.60. The number of rotatable bonds is 6. The van der Waals surface area contributed by atoms with Crippen molar-refractivity contribution in [3.63, 3.8) is 0 Å². The summed E-state index contributed by atoms with van der Waals surface area (Å²) in [5.74, 6) is -0.399. The van der Waals surface area contributed by atoms with Crippen LogP contribution in [0.5, 0.6) is 0 Å². The van der Waals surface area contributed by atoms with Gasteiger partial charge in [-0.15, -0.1) is 0 Å². The van der Waals surface area contributed by atoms with E-state index in [4.69, 9.17) is 5.11 Å². The molecule has 0 saturated heterocycles. The summed E-state index contributed by atoms with van der Waals surface area (Å²) >= 11 is 0. The molecular weight excluding hydrogens is 284 g/mol. The van der Waals surface area contributed by atoms with Crippen molar-refractivity contribution in [1.29, 1.82) is 0 Å². The van der Waals surface area contributed by atoms with Gasteiger partial charge in [0.05, 0.1) is 0 Å². The number of nitro groups is 1. The van der Waals surface area contributed by atoms with Crippen molar-refractivity contribution in [3.8, 4) is 0 Å². The van der Waals surface area contributed by atoms with Crippen LogP contribution in [-0.4, -0.2) is 21.0 Å². The minimum Gasteiger partial charge on any atom is -0.478 e. The van der Waals surface area contributed by atoms with Crippen molar-refractivity contribution in [2.75, 3.05) is 0 Å². The molecule has 0 radical (unpaired) electrons. The van der Waals surface area contributed by atoms with Crippen LogP contribution in [0.15, 0.2) is 18.3 Å². The van der Waals surface area contributed by atoms with Crippen LogP contribution in [0, 0.1) is 16.0 Å². The first-order chi connectivity index (χ1) is 10.5. The van der Waals surface area contributed by atoms with Gasteiger partial charge in [-0.1, -0.05) is 58.3 Å². The van der Waals surface area contributed by atoms with Crippen molar-refractivity contribution in [2.45, 2.75) is 58.3 Å². The minimum absolute atomic E-state index is 0.0689. The first kappa shape index (κ1) is 18.1. The minimum atomic E-state index is -1.16. The largest absolute Gasteiger partial charge is 0.478 e. The Morgan fingerprint density at radius 3 is 2.50 bits per heavy atom. The van der Waals surface area contributed by atoms with Crippen molar-refractivity contribution in [1.82, 2.24) is 4.98 Å². The molecule has 1 N–H and O–H groups in total. The van der Waals surface area contributed by atoms with Gasteiger partial charge in [0.1, 0.15) is 5.56 Å². The fraction of sp³-hybridized carbons (Fsp3) is 0.625. The molecule has 1 heterocycles. The summed E-state index contributed by atoms with van der Waals surface area (Å²) in [6, 6.07) is 2.18. The Morgan fingerprint density at radius 1 is 1.36 bits per heavy atom. The van der Waals surface area contributed by atoms with E-state index in [0.29, 0.717) is 0 Å². The second-order valence-corrected chi connectivity index (χ2v) is 5.61. The molecule has 0 amide bonds. The van der Waals surface area contributed by atoms with Crippen LogP contribution in [0.3, 0.4) is 0 Å². The average molecular weight is 308 g/mol. The van der Waals surface area contributed by atoms with E-state index in [-0.39, 0.29) is 11.4 Å². The van der Waals surface area contributed by atoms with Crippen LogP contribution < -0.4 is 0 Å². The quantitative estimate of drug-likeness (QED) is 0.476. The van der Waals surface area contributed by atoms with E-state index in [9.17, 15) is 14.9 Å². The van der Waals surface area contributed by atoms with Gasteiger partial charge in [0.25, 0.3) is 0 Å². The SMILES string of the molecule is CCCCCC1CCCC1.O=C(O)c1ccc([N+](=O)[O-])nc1. The third kappa shape index (κ3) is 6.65. The number of aromatic carboxylic acids is 1. The Kier molecular flexibility index (Phi) is 8.10. The maximum absolute atomic E-state index is 10.3. The number of pyridine rings is 1. The molecule has 0 spiro atoms. The van der Waals surface area contributed by atoms with Gasteiger partial charge in [-0.05, 0) is 21.9 Å². The molecule has 1 saturated carbocycles. The van der Waals surface area contributed by atoms with Gasteiger partial charge in [-0.3, -0.25) is 0 Å². The zero-order chi connectivity index (χ0) is 16.4. The summed E-state index contributed by atoms with van der Waals surface area (Å²) in [5, 5.41) is 18.5. The molecule has 0 bridgehead atoms. The number of carboxylic acid groups (broad SMARTS) is 1. The van der Waals surface area contributed by atoms with Crippen LogP contribution in [0.4, 0.5) is 5.82 Å². The summed E-state index contributed by atoms with van der Waals surface area (Å²) in [6.07, 6.45) is 12.9. The number of aromatic nitrogens is 1. The van der Waals surface area contributed by atoms with Crippen LogP contribution in [-0.2, 0) is 0 Å². The number of carboxylic acids is 1. The zero-order valence-electron chi connectivity index (χ0n) is 13.0. The van der Waals surface area contributed by atoms with Crippen molar-refractivity contribution in [3.05, 3.63) is 34.0 Å². The highest BCUT2D eigenvalue weighted by molar-refractivity contribution is 5.87. The second kappa shape index (κ2) is 9.87. The van der Waals surface area contributed by atoms with Gasteiger partial charge in [0.2, 0.25) is 0 Å². The van der Waals surface area contributed by atoms with Crippen molar-refractivity contribution >= 4 is 11.8 Å². The molecule has 1 aromatic heterocycles. The highest BCUT2D eigenvalue weighted by Gasteiger charge is 2.13. The van der Waals surface area contributed by atoms with Gasteiger partial charge < -0.3 is 15.2 Å². The van der Waals surface area contributed by atoms with Crippen LogP contribution in [0.2, 0.25) is 0 Å². The molecule has 0 atom stereocenters. The van der Waals surface area contributed by atoms with E-state index in [1.807, 2.05) is 0 Å². The second-order valence-electron chi connectivity index (χ2n) is 5.61. The molecule has 0 aromatic carbocycles. The van der Waals surface area contributed by atoms with Crippen LogP contribution in [0.25, 0.3) is 0 Å². The molecule has 1 aromatic rings. The maximum Gasteiger partial charge on any atom is 0.363 e. The Balaban J connectivity index is 0.000000224. The lowest BCUT2D eigenvalue weighted by Crippen LogP contribution is -1.98. The normalized spacial score (nSPS) is 14.2. The number of hydrogen-bond donors (Lipinski definition) is 1. The van der Waals surface area contributed by atoms with Crippen molar-refractivity contribution in [2.24, 2.45) is 5.92 Å². The molecular formula is C16H24N2O4. The van der Waals surface area contributed by atoms with E-state index in [1.54, 1.807) is 0 Å². The first-order valence-corrected chi connectivity index (χ1v) is 7.88. The van der Waals surface area contributed by atoms with E-state index in [0.717, 1.165) is 24.2 Å². The summed E-state index contributed by atoms with van der Waals surface area (Å²) in [6.45, 7) is 2.29. The smallest absolute Gasteiger partial charge is 0.363 e. The van der Waals surface area contributed by atoms with Gasteiger partial charge in [-0.2, -0.15) is 0 Å². The van der Waals surface area contributed by atoms with E-state index in [2.05, 4.69) is 11.9 Å². The number of carbonyl (C=O) groups is 1. The molecule has 22 heavy (non-hydrogen) atoms. The predicted octanol–water partition coefficient (Wildman–Crippen LogP) is 4.44. The Morgan fingerprint density at radius 2 is 2.05 bits per heavy atom. The highest BCUT2D eigenvalue weighted by atomic mass is 16.6. The molecule has 1 aliphatic carbocycles. The van der Waals surface area contributed by atoms with Crippen molar-refractivity contribution < 1.29 is 14.8 Å². The molecule has 1 aliphatic rings. The lowest BCUT2D eigenvalue weighted by Gasteiger charge is -2.06. The fourth-order valence-electron chi connectivity index (χ4n) is 2.60. The summed E-state index contributed by atoms with van der Waals surface area (Å²) in [5.41, 5.74) is -0.0689. The van der Waals surface area contributed by atoms with Gasteiger partial charge in [0, 0.05) is 6.07 Å². The zero-order valence-corrected chi connectivity index (χ0v) is 13.0. The maximum atomic E-state index is 10.3. The number of hydrogen-bond acceptors (Lipinski definition) is 4. The number of unbranched alkanes of at least 4 members (excludes halogenated alkanes) is 2.